The van der Waals surface area contributed by atoms with Gasteiger partial charge in [0.15, 0.2) is 0 Å². The molecule has 1 aliphatic rings. The van der Waals surface area contributed by atoms with Gasteiger partial charge in [0, 0.05) is 33.2 Å². The zero-order valence-electron chi connectivity index (χ0n) is 25.4. The minimum Gasteiger partial charge on any atom is -0.355 e. The van der Waals surface area contributed by atoms with E-state index in [9.17, 15) is 0 Å². The van der Waals surface area contributed by atoms with Crippen molar-refractivity contribution >= 4 is 44.0 Å². The number of nitrogens with zero attached hydrogens (tertiary/aromatic N) is 1. The number of para-hydroxylation sites is 2. The van der Waals surface area contributed by atoms with E-state index in [0.29, 0.717) is 0 Å². The van der Waals surface area contributed by atoms with E-state index in [1.54, 1.807) is 0 Å². The number of anilines is 2. The van der Waals surface area contributed by atoms with Gasteiger partial charge in [0.25, 0.3) is 0 Å². The van der Waals surface area contributed by atoms with Crippen LogP contribution in [0.5, 0.6) is 0 Å². The Morgan fingerprint density at radius 2 is 1.11 bits per heavy atom. The van der Waals surface area contributed by atoms with Gasteiger partial charge in [-0.05, 0) is 98.8 Å². The van der Waals surface area contributed by atoms with E-state index in [4.69, 9.17) is 0 Å². The van der Waals surface area contributed by atoms with Crippen LogP contribution in [0.1, 0.15) is 25.0 Å². The highest BCUT2D eigenvalue weighted by molar-refractivity contribution is 6.10. The molecule has 8 aromatic rings. The molecule has 0 spiro atoms. The second kappa shape index (κ2) is 9.70. The molecule has 0 amide bonds. The third kappa shape index (κ3) is 3.96. The number of rotatable bonds is 4. The monoisotopic (exact) mass is 576 g/mol. The molecule has 7 aromatic carbocycles. The fourth-order valence-corrected chi connectivity index (χ4v) is 7.53. The van der Waals surface area contributed by atoms with Crippen molar-refractivity contribution in [2.45, 2.75) is 19.3 Å². The van der Waals surface area contributed by atoms with Gasteiger partial charge in [-0.3, -0.25) is 0 Å². The van der Waals surface area contributed by atoms with Gasteiger partial charge < -0.3 is 9.88 Å². The molecule has 0 atom stereocenters. The summed E-state index contributed by atoms with van der Waals surface area (Å²) in [5.41, 5.74) is 13.6. The van der Waals surface area contributed by atoms with Crippen molar-refractivity contribution in [1.82, 2.24) is 4.57 Å². The zero-order valence-corrected chi connectivity index (χ0v) is 25.4. The summed E-state index contributed by atoms with van der Waals surface area (Å²) in [5, 5.41) is 8.82. The van der Waals surface area contributed by atoms with Gasteiger partial charge in [-0.15, -0.1) is 0 Å². The van der Waals surface area contributed by atoms with E-state index in [0.717, 1.165) is 11.4 Å². The maximum atomic E-state index is 3.75. The quantitative estimate of drug-likeness (QED) is 0.220. The Bertz CT molecular complexity index is 2420. The summed E-state index contributed by atoms with van der Waals surface area (Å²) >= 11 is 0. The van der Waals surface area contributed by atoms with Crippen molar-refractivity contribution in [2.24, 2.45) is 0 Å². The molecule has 9 rings (SSSR count). The highest BCUT2D eigenvalue weighted by Crippen LogP contribution is 2.51. The van der Waals surface area contributed by atoms with Crippen LogP contribution in [0.3, 0.4) is 0 Å². The normalized spacial score (nSPS) is 13.3. The van der Waals surface area contributed by atoms with Crippen molar-refractivity contribution in [2.75, 3.05) is 5.32 Å². The highest BCUT2D eigenvalue weighted by atomic mass is 15.0. The molecule has 1 heterocycles. The Morgan fingerprint density at radius 3 is 1.98 bits per heavy atom. The first-order chi connectivity index (χ1) is 22.1. The predicted molar refractivity (Wildman–Crippen MR) is 191 cm³/mol. The van der Waals surface area contributed by atoms with Crippen LogP contribution in [-0.2, 0) is 5.41 Å². The van der Waals surface area contributed by atoms with E-state index in [1.807, 2.05) is 0 Å². The summed E-state index contributed by atoms with van der Waals surface area (Å²) in [6.07, 6.45) is 0. The number of fused-ring (bicyclic) bond motifs is 7. The van der Waals surface area contributed by atoms with Crippen molar-refractivity contribution in [3.05, 3.63) is 163 Å². The molecular weight excluding hydrogens is 544 g/mol. The lowest BCUT2D eigenvalue weighted by Crippen LogP contribution is -2.15. The summed E-state index contributed by atoms with van der Waals surface area (Å²) in [6, 6.07) is 55.2. The van der Waals surface area contributed by atoms with Crippen molar-refractivity contribution in [3.63, 3.8) is 0 Å². The van der Waals surface area contributed by atoms with E-state index in [2.05, 4.69) is 175 Å². The van der Waals surface area contributed by atoms with Crippen molar-refractivity contribution in [3.8, 4) is 27.9 Å². The minimum atomic E-state index is -0.115. The van der Waals surface area contributed by atoms with Crippen LogP contribution in [0.15, 0.2) is 152 Å². The third-order valence-electron chi connectivity index (χ3n) is 9.75. The van der Waals surface area contributed by atoms with Crippen molar-refractivity contribution in [1.29, 1.82) is 0 Å². The van der Waals surface area contributed by atoms with Gasteiger partial charge >= 0.3 is 0 Å². The molecule has 45 heavy (non-hydrogen) atoms. The number of nitrogens with one attached hydrogen (secondary N) is 1. The molecule has 0 radical (unpaired) electrons. The Balaban J connectivity index is 1.09. The Labute approximate surface area is 263 Å². The number of hydrogen-bond acceptors (Lipinski definition) is 1. The molecule has 1 aromatic heterocycles. The zero-order chi connectivity index (χ0) is 30.1. The summed E-state index contributed by atoms with van der Waals surface area (Å²) < 4.78 is 2.36. The summed E-state index contributed by atoms with van der Waals surface area (Å²) in [5.74, 6) is 0. The Morgan fingerprint density at radius 1 is 0.467 bits per heavy atom. The molecule has 214 valence electrons. The molecule has 0 saturated carbocycles. The Hall–Kier alpha value is -5.60. The van der Waals surface area contributed by atoms with Gasteiger partial charge in [0.05, 0.1) is 11.0 Å². The van der Waals surface area contributed by atoms with Gasteiger partial charge in [-0.1, -0.05) is 111 Å². The standard InChI is InChI=1S/C43H32N2/c1-43(2)39-25-29(34-17-10-12-28-11-6-7-15-33(28)34)19-22-35(39)36-23-20-31(27-40(36)43)44-30-21-24-42-38(26-30)37-16-8-9-18-41(37)45(42)32-13-4-3-5-14-32/h3-27,44H,1-2H3. The van der Waals surface area contributed by atoms with Crippen molar-refractivity contribution < 1.29 is 0 Å². The number of benzene rings is 7. The van der Waals surface area contributed by atoms with Crippen LogP contribution in [0.25, 0.3) is 60.5 Å². The molecule has 1 aliphatic carbocycles. The first-order valence-corrected chi connectivity index (χ1v) is 15.7. The minimum absolute atomic E-state index is 0.115. The van der Waals surface area contributed by atoms with Crippen LogP contribution >= 0.6 is 0 Å². The van der Waals surface area contributed by atoms with Gasteiger partial charge in [0.2, 0.25) is 0 Å². The molecule has 1 N–H and O–H groups in total. The number of aromatic nitrogens is 1. The molecule has 0 fully saturated rings. The topological polar surface area (TPSA) is 17.0 Å². The van der Waals surface area contributed by atoms with E-state index < -0.39 is 0 Å². The van der Waals surface area contributed by atoms with Crippen LogP contribution in [0.4, 0.5) is 11.4 Å². The van der Waals surface area contributed by atoms with Gasteiger partial charge in [-0.25, -0.2) is 0 Å². The summed E-state index contributed by atoms with van der Waals surface area (Å²) in [7, 11) is 0. The highest BCUT2D eigenvalue weighted by Gasteiger charge is 2.36. The largest absolute Gasteiger partial charge is 0.355 e. The average Bonchev–Trinajstić information content (AvgIpc) is 3.53. The molecule has 0 bridgehead atoms. The summed E-state index contributed by atoms with van der Waals surface area (Å²) in [4.78, 5) is 0. The molecule has 0 saturated heterocycles. The van der Waals surface area contributed by atoms with E-state index in [1.165, 1.54) is 71.6 Å². The van der Waals surface area contributed by atoms with Gasteiger partial charge in [0.1, 0.15) is 0 Å². The SMILES string of the molecule is CC1(C)c2cc(Nc3ccc4c(c3)c3ccccc3n4-c3ccccc3)ccc2-c2ccc(-c3cccc4ccccc34)cc21. The van der Waals surface area contributed by atoms with Crippen LogP contribution in [-0.4, -0.2) is 4.57 Å². The molecule has 0 aliphatic heterocycles. The molecular formula is C43H32N2. The van der Waals surface area contributed by atoms with E-state index in [-0.39, 0.29) is 5.41 Å². The average molecular weight is 577 g/mol. The second-order valence-corrected chi connectivity index (χ2v) is 12.7. The van der Waals surface area contributed by atoms with Gasteiger partial charge in [-0.2, -0.15) is 0 Å². The molecule has 0 unspecified atom stereocenters. The molecule has 2 heteroatoms. The summed E-state index contributed by atoms with van der Waals surface area (Å²) in [6.45, 7) is 4.72. The lowest BCUT2D eigenvalue weighted by atomic mass is 9.81. The van der Waals surface area contributed by atoms with Crippen LogP contribution in [0, 0.1) is 0 Å². The first kappa shape index (κ1) is 25.9. The maximum Gasteiger partial charge on any atom is 0.0542 e. The van der Waals surface area contributed by atoms with Crippen LogP contribution in [0.2, 0.25) is 0 Å². The first-order valence-electron chi connectivity index (χ1n) is 15.7. The van der Waals surface area contributed by atoms with Crippen LogP contribution < -0.4 is 5.32 Å². The second-order valence-electron chi connectivity index (χ2n) is 12.7. The fourth-order valence-electron chi connectivity index (χ4n) is 7.53. The lowest BCUT2D eigenvalue weighted by Gasteiger charge is -2.23. The number of hydrogen-bond donors (Lipinski definition) is 1. The fraction of sp³-hybridized carbons (Fsp3) is 0.0698. The molecule has 2 nitrogen and oxygen atoms in total. The lowest BCUT2D eigenvalue weighted by molar-refractivity contribution is 0.661. The maximum absolute atomic E-state index is 3.75. The third-order valence-corrected chi connectivity index (χ3v) is 9.75. The smallest absolute Gasteiger partial charge is 0.0542 e. The predicted octanol–water partition coefficient (Wildman–Crippen LogP) is 11.7. The van der Waals surface area contributed by atoms with E-state index >= 15 is 0 Å². The Kier molecular flexibility index (Phi) is 5.58.